The lowest BCUT2D eigenvalue weighted by Gasteiger charge is -2.07. The van der Waals surface area contributed by atoms with Crippen LogP contribution < -0.4 is 4.74 Å². The first-order valence-electron chi connectivity index (χ1n) is 6.06. The third-order valence-corrected chi connectivity index (χ3v) is 3.00. The fourth-order valence-corrected chi connectivity index (χ4v) is 2.15. The lowest BCUT2D eigenvalue weighted by molar-refractivity contribution is -0.121. The first kappa shape index (κ1) is 11.2. The minimum Gasteiger partial charge on any atom is -0.486 e. The molecule has 0 fully saturated rings. The number of ketones is 1. The van der Waals surface area contributed by atoms with Crippen molar-refractivity contribution in [1.29, 1.82) is 0 Å². The third-order valence-electron chi connectivity index (χ3n) is 3.00. The van der Waals surface area contributed by atoms with Gasteiger partial charge in [-0.2, -0.15) is 0 Å². The van der Waals surface area contributed by atoms with Gasteiger partial charge in [-0.3, -0.25) is 4.79 Å². The van der Waals surface area contributed by atoms with E-state index in [0.29, 0.717) is 6.42 Å². The predicted molar refractivity (Wildman–Crippen MR) is 63.9 cm³/mol. The van der Waals surface area contributed by atoms with Gasteiger partial charge >= 0.3 is 0 Å². The smallest absolute Gasteiger partial charge is 0.170 e. The molecule has 0 atom stereocenters. The molecule has 1 aliphatic rings. The SMILES string of the molecule is CCCC(=O)COc1ccc2c(c1)CCC2. The molecule has 0 saturated heterocycles. The highest BCUT2D eigenvalue weighted by Gasteiger charge is 2.11. The molecule has 0 heterocycles. The molecule has 0 bridgehead atoms. The van der Waals surface area contributed by atoms with Gasteiger partial charge in [0.05, 0.1) is 0 Å². The Balaban J connectivity index is 1.93. The summed E-state index contributed by atoms with van der Waals surface area (Å²) in [6, 6.07) is 6.19. The number of Topliss-reactive ketones (excluding diaryl/α,β-unsaturated/α-hetero) is 1. The van der Waals surface area contributed by atoms with Gasteiger partial charge in [0.2, 0.25) is 0 Å². The summed E-state index contributed by atoms with van der Waals surface area (Å²) in [5, 5.41) is 0. The molecule has 2 rings (SSSR count). The first-order chi connectivity index (χ1) is 7.79. The standard InChI is InChI=1S/C14H18O2/c1-2-4-13(15)10-16-14-8-7-11-5-3-6-12(11)9-14/h7-9H,2-6,10H2,1H3. The van der Waals surface area contributed by atoms with Crippen molar-refractivity contribution in [3.8, 4) is 5.75 Å². The van der Waals surface area contributed by atoms with Gasteiger partial charge in [0.15, 0.2) is 5.78 Å². The third kappa shape index (κ3) is 2.63. The zero-order valence-corrected chi connectivity index (χ0v) is 9.79. The number of carbonyl (C=O) groups is 1. The van der Waals surface area contributed by atoms with Gasteiger partial charge in [-0.1, -0.05) is 13.0 Å². The summed E-state index contributed by atoms with van der Waals surface area (Å²) in [6.45, 7) is 2.22. The Morgan fingerprint density at radius 3 is 2.94 bits per heavy atom. The summed E-state index contributed by atoms with van der Waals surface area (Å²) in [7, 11) is 0. The fraction of sp³-hybridized carbons (Fsp3) is 0.500. The van der Waals surface area contributed by atoms with E-state index in [0.717, 1.165) is 18.6 Å². The van der Waals surface area contributed by atoms with Crippen molar-refractivity contribution < 1.29 is 9.53 Å². The Labute approximate surface area is 96.6 Å². The van der Waals surface area contributed by atoms with E-state index in [-0.39, 0.29) is 12.4 Å². The number of aryl methyl sites for hydroxylation is 2. The van der Waals surface area contributed by atoms with Crippen LogP contribution in [0.1, 0.15) is 37.3 Å². The van der Waals surface area contributed by atoms with Crippen LogP contribution in [0.2, 0.25) is 0 Å². The minimum absolute atomic E-state index is 0.183. The van der Waals surface area contributed by atoms with Gasteiger partial charge in [0.25, 0.3) is 0 Å². The topological polar surface area (TPSA) is 26.3 Å². The predicted octanol–water partition coefficient (Wildman–Crippen LogP) is 2.92. The summed E-state index contributed by atoms with van der Waals surface area (Å²) in [4.78, 5) is 11.3. The van der Waals surface area contributed by atoms with Crippen LogP contribution >= 0.6 is 0 Å². The van der Waals surface area contributed by atoms with E-state index in [4.69, 9.17) is 4.74 Å². The summed E-state index contributed by atoms with van der Waals surface area (Å²) in [5.41, 5.74) is 2.83. The maximum absolute atomic E-state index is 11.3. The maximum Gasteiger partial charge on any atom is 0.170 e. The highest BCUT2D eigenvalue weighted by molar-refractivity contribution is 5.79. The average Bonchev–Trinajstić information content (AvgIpc) is 2.74. The molecule has 2 nitrogen and oxygen atoms in total. The molecule has 0 aliphatic heterocycles. The molecule has 0 N–H and O–H groups in total. The Morgan fingerprint density at radius 2 is 2.12 bits per heavy atom. The lowest BCUT2D eigenvalue weighted by atomic mass is 10.1. The quantitative estimate of drug-likeness (QED) is 0.759. The summed E-state index contributed by atoms with van der Waals surface area (Å²) in [6.07, 6.45) is 5.09. The van der Waals surface area contributed by atoms with Crippen molar-refractivity contribution >= 4 is 5.78 Å². The van der Waals surface area contributed by atoms with Crippen LogP contribution in [0.5, 0.6) is 5.75 Å². The van der Waals surface area contributed by atoms with Crippen LogP contribution in [0.25, 0.3) is 0 Å². The molecular formula is C14H18O2. The second kappa shape index (κ2) is 5.15. The highest BCUT2D eigenvalue weighted by Crippen LogP contribution is 2.25. The molecule has 1 aliphatic carbocycles. The maximum atomic E-state index is 11.3. The van der Waals surface area contributed by atoms with Crippen molar-refractivity contribution in [2.45, 2.75) is 39.0 Å². The molecule has 2 heteroatoms. The van der Waals surface area contributed by atoms with Crippen LogP contribution in [-0.4, -0.2) is 12.4 Å². The molecule has 0 spiro atoms. The summed E-state index contributed by atoms with van der Waals surface area (Å²) in [5.74, 6) is 1.02. The van der Waals surface area contributed by atoms with E-state index in [1.165, 1.54) is 24.0 Å². The first-order valence-corrected chi connectivity index (χ1v) is 6.06. The number of carbonyl (C=O) groups excluding carboxylic acids is 1. The number of hydrogen-bond donors (Lipinski definition) is 0. The second-order valence-corrected chi connectivity index (χ2v) is 4.36. The van der Waals surface area contributed by atoms with Gasteiger partial charge in [0.1, 0.15) is 12.4 Å². The van der Waals surface area contributed by atoms with Gasteiger partial charge in [-0.25, -0.2) is 0 Å². The van der Waals surface area contributed by atoms with Crippen molar-refractivity contribution in [1.82, 2.24) is 0 Å². The molecule has 0 amide bonds. The molecule has 0 aromatic heterocycles. The molecule has 0 unspecified atom stereocenters. The van der Waals surface area contributed by atoms with Crippen LogP contribution in [0.3, 0.4) is 0 Å². The zero-order chi connectivity index (χ0) is 11.4. The van der Waals surface area contributed by atoms with Crippen molar-refractivity contribution in [2.24, 2.45) is 0 Å². The van der Waals surface area contributed by atoms with E-state index >= 15 is 0 Å². The largest absolute Gasteiger partial charge is 0.486 e. The average molecular weight is 218 g/mol. The van der Waals surface area contributed by atoms with Crippen LogP contribution in [0.15, 0.2) is 18.2 Å². The van der Waals surface area contributed by atoms with Crippen LogP contribution in [0, 0.1) is 0 Å². The Bertz CT molecular complexity index is 382. The minimum atomic E-state index is 0.183. The van der Waals surface area contributed by atoms with Gasteiger partial charge in [0, 0.05) is 6.42 Å². The van der Waals surface area contributed by atoms with E-state index in [2.05, 4.69) is 12.1 Å². The zero-order valence-electron chi connectivity index (χ0n) is 9.79. The normalized spacial score (nSPS) is 13.6. The molecule has 0 radical (unpaired) electrons. The highest BCUT2D eigenvalue weighted by atomic mass is 16.5. The lowest BCUT2D eigenvalue weighted by Crippen LogP contribution is -2.10. The molecular weight excluding hydrogens is 200 g/mol. The van der Waals surface area contributed by atoms with Crippen molar-refractivity contribution in [3.63, 3.8) is 0 Å². The van der Waals surface area contributed by atoms with Gasteiger partial charge < -0.3 is 4.74 Å². The molecule has 1 aromatic rings. The molecule has 0 saturated carbocycles. The van der Waals surface area contributed by atoms with Crippen molar-refractivity contribution in [2.75, 3.05) is 6.61 Å². The Hall–Kier alpha value is -1.31. The molecule has 86 valence electrons. The number of hydrogen-bond acceptors (Lipinski definition) is 2. The number of fused-ring (bicyclic) bond motifs is 1. The Morgan fingerprint density at radius 1 is 1.31 bits per heavy atom. The van der Waals surface area contributed by atoms with E-state index in [1.807, 2.05) is 13.0 Å². The van der Waals surface area contributed by atoms with Gasteiger partial charge in [-0.15, -0.1) is 0 Å². The Kier molecular flexibility index (Phi) is 3.60. The van der Waals surface area contributed by atoms with Gasteiger partial charge in [-0.05, 0) is 48.9 Å². The van der Waals surface area contributed by atoms with Crippen LogP contribution in [-0.2, 0) is 17.6 Å². The second-order valence-electron chi connectivity index (χ2n) is 4.36. The number of benzene rings is 1. The van der Waals surface area contributed by atoms with E-state index in [1.54, 1.807) is 0 Å². The van der Waals surface area contributed by atoms with Crippen molar-refractivity contribution in [3.05, 3.63) is 29.3 Å². The van der Waals surface area contributed by atoms with E-state index < -0.39 is 0 Å². The number of ether oxygens (including phenoxy) is 1. The summed E-state index contributed by atoms with van der Waals surface area (Å²) < 4.78 is 5.50. The summed E-state index contributed by atoms with van der Waals surface area (Å²) >= 11 is 0. The van der Waals surface area contributed by atoms with E-state index in [9.17, 15) is 4.79 Å². The number of rotatable bonds is 5. The monoisotopic (exact) mass is 218 g/mol. The fourth-order valence-electron chi connectivity index (χ4n) is 2.15. The molecule has 16 heavy (non-hydrogen) atoms. The van der Waals surface area contributed by atoms with Crippen LogP contribution in [0.4, 0.5) is 0 Å². The molecule has 1 aromatic carbocycles.